The maximum atomic E-state index is 12.3. The summed E-state index contributed by atoms with van der Waals surface area (Å²) in [6.07, 6.45) is 1.40. The SMILES string of the molecule is O=C(COc1cc(Cl)cc(Cl)c1)c1cccc(N2CCCC2=O)c1. The van der Waals surface area contributed by atoms with Gasteiger partial charge in [0.15, 0.2) is 12.4 Å². The number of hydrogen-bond acceptors (Lipinski definition) is 3. The first-order chi connectivity index (χ1) is 11.5. The molecule has 0 N–H and O–H groups in total. The number of nitrogens with zero attached hydrogens (tertiary/aromatic N) is 1. The third kappa shape index (κ3) is 3.89. The quantitative estimate of drug-likeness (QED) is 0.740. The summed E-state index contributed by atoms with van der Waals surface area (Å²) in [4.78, 5) is 25.9. The first kappa shape index (κ1) is 16.8. The molecule has 2 aromatic rings. The third-order valence-corrected chi connectivity index (χ3v) is 4.20. The number of carbonyl (C=O) groups excluding carboxylic acids is 2. The second-order valence-electron chi connectivity index (χ2n) is 5.52. The summed E-state index contributed by atoms with van der Waals surface area (Å²) < 4.78 is 5.47. The molecule has 2 aromatic carbocycles. The highest BCUT2D eigenvalue weighted by Gasteiger charge is 2.22. The molecule has 0 spiro atoms. The van der Waals surface area contributed by atoms with E-state index in [-0.39, 0.29) is 18.3 Å². The maximum absolute atomic E-state index is 12.3. The van der Waals surface area contributed by atoms with Crippen LogP contribution in [0.1, 0.15) is 23.2 Å². The zero-order chi connectivity index (χ0) is 17.1. The van der Waals surface area contributed by atoms with Crippen LogP contribution in [0.2, 0.25) is 10.0 Å². The number of halogens is 2. The molecule has 1 fully saturated rings. The molecular weight excluding hydrogens is 349 g/mol. The standard InChI is InChI=1S/C18H15Cl2NO3/c19-13-8-14(20)10-16(9-13)24-11-17(22)12-3-1-4-15(7-12)21-6-2-5-18(21)23/h1,3-4,7-10H,2,5-6,11H2. The average Bonchev–Trinajstić information content (AvgIpc) is 2.98. The molecule has 1 saturated heterocycles. The second-order valence-corrected chi connectivity index (χ2v) is 6.39. The van der Waals surface area contributed by atoms with Crippen LogP contribution in [0, 0.1) is 0 Å². The van der Waals surface area contributed by atoms with Gasteiger partial charge in [-0.3, -0.25) is 9.59 Å². The Morgan fingerprint density at radius 1 is 1.12 bits per heavy atom. The smallest absolute Gasteiger partial charge is 0.227 e. The molecule has 24 heavy (non-hydrogen) atoms. The Hall–Kier alpha value is -2.04. The molecule has 3 rings (SSSR count). The number of benzene rings is 2. The number of rotatable bonds is 5. The van der Waals surface area contributed by atoms with Crippen LogP contribution in [0.15, 0.2) is 42.5 Å². The van der Waals surface area contributed by atoms with Gasteiger partial charge in [0.05, 0.1) is 0 Å². The Bertz CT molecular complexity index is 771. The second kappa shape index (κ2) is 7.24. The average molecular weight is 364 g/mol. The van der Waals surface area contributed by atoms with Gasteiger partial charge in [-0.1, -0.05) is 35.3 Å². The van der Waals surface area contributed by atoms with Crippen LogP contribution in [0.5, 0.6) is 5.75 Å². The van der Waals surface area contributed by atoms with E-state index in [4.69, 9.17) is 27.9 Å². The molecule has 0 saturated carbocycles. The van der Waals surface area contributed by atoms with Gasteiger partial charge in [-0.25, -0.2) is 0 Å². The predicted molar refractivity (Wildman–Crippen MR) is 94.3 cm³/mol. The molecular formula is C18H15Cl2NO3. The van der Waals surface area contributed by atoms with Crippen molar-refractivity contribution >= 4 is 40.6 Å². The van der Waals surface area contributed by atoms with E-state index in [0.717, 1.165) is 12.1 Å². The predicted octanol–water partition coefficient (Wildman–Crippen LogP) is 4.38. The summed E-state index contributed by atoms with van der Waals surface area (Å²) in [6, 6.07) is 11.8. The molecule has 1 amide bonds. The van der Waals surface area contributed by atoms with E-state index in [9.17, 15) is 9.59 Å². The Morgan fingerprint density at radius 3 is 2.54 bits per heavy atom. The highest BCUT2D eigenvalue weighted by atomic mass is 35.5. The topological polar surface area (TPSA) is 46.6 Å². The van der Waals surface area contributed by atoms with E-state index < -0.39 is 0 Å². The summed E-state index contributed by atoms with van der Waals surface area (Å²) in [6.45, 7) is 0.558. The van der Waals surface area contributed by atoms with Gasteiger partial charge in [-0.05, 0) is 36.8 Å². The molecule has 0 bridgehead atoms. The minimum Gasteiger partial charge on any atom is -0.485 e. The van der Waals surface area contributed by atoms with Crippen LogP contribution in [0.4, 0.5) is 5.69 Å². The van der Waals surface area contributed by atoms with E-state index in [1.54, 1.807) is 41.3 Å². The van der Waals surface area contributed by atoms with Crippen LogP contribution < -0.4 is 9.64 Å². The zero-order valence-corrected chi connectivity index (χ0v) is 14.3. The number of Topliss-reactive ketones (excluding diaryl/α,β-unsaturated/α-hetero) is 1. The number of carbonyl (C=O) groups is 2. The van der Waals surface area contributed by atoms with Crippen LogP contribution in [-0.2, 0) is 4.79 Å². The van der Waals surface area contributed by atoms with Gasteiger partial charge in [-0.15, -0.1) is 0 Å². The highest BCUT2D eigenvalue weighted by molar-refractivity contribution is 6.34. The Labute approximate surface area is 149 Å². The summed E-state index contributed by atoms with van der Waals surface area (Å²) in [5.41, 5.74) is 1.24. The van der Waals surface area contributed by atoms with E-state index in [1.165, 1.54) is 0 Å². The molecule has 0 aromatic heterocycles. The zero-order valence-electron chi connectivity index (χ0n) is 12.8. The number of amides is 1. The molecule has 124 valence electrons. The summed E-state index contributed by atoms with van der Waals surface area (Å²) >= 11 is 11.8. The molecule has 1 aliphatic heterocycles. The lowest BCUT2D eigenvalue weighted by atomic mass is 10.1. The first-order valence-corrected chi connectivity index (χ1v) is 8.31. The van der Waals surface area contributed by atoms with Gasteiger partial charge in [0.25, 0.3) is 0 Å². The molecule has 6 heteroatoms. The Balaban J connectivity index is 1.70. The normalized spacial score (nSPS) is 14.1. The van der Waals surface area contributed by atoms with Gasteiger partial charge in [-0.2, -0.15) is 0 Å². The van der Waals surface area contributed by atoms with Crippen molar-refractivity contribution < 1.29 is 14.3 Å². The molecule has 0 aliphatic carbocycles. The lowest BCUT2D eigenvalue weighted by molar-refractivity contribution is -0.117. The highest BCUT2D eigenvalue weighted by Crippen LogP contribution is 2.25. The van der Waals surface area contributed by atoms with Gasteiger partial charge < -0.3 is 9.64 Å². The third-order valence-electron chi connectivity index (χ3n) is 3.76. The van der Waals surface area contributed by atoms with Gasteiger partial charge in [0.2, 0.25) is 5.91 Å². The van der Waals surface area contributed by atoms with Gasteiger partial charge in [0.1, 0.15) is 5.75 Å². The van der Waals surface area contributed by atoms with Crippen molar-refractivity contribution in [3.63, 3.8) is 0 Å². The van der Waals surface area contributed by atoms with Gasteiger partial charge in [0, 0.05) is 34.3 Å². The number of ketones is 1. The first-order valence-electron chi connectivity index (χ1n) is 7.55. The van der Waals surface area contributed by atoms with Crippen LogP contribution in [0.25, 0.3) is 0 Å². The molecule has 0 radical (unpaired) electrons. The number of anilines is 1. The summed E-state index contributed by atoms with van der Waals surface area (Å²) in [7, 11) is 0. The maximum Gasteiger partial charge on any atom is 0.227 e. The molecule has 4 nitrogen and oxygen atoms in total. The van der Waals surface area contributed by atoms with Crippen molar-refractivity contribution in [1.29, 1.82) is 0 Å². The fourth-order valence-electron chi connectivity index (χ4n) is 2.61. The van der Waals surface area contributed by atoms with Crippen molar-refractivity contribution in [3.8, 4) is 5.75 Å². The number of ether oxygens (including phenoxy) is 1. The molecule has 0 atom stereocenters. The van der Waals surface area contributed by atoms with Crippen LogP contribution >= 0.6 is 23.2 Å². The monoisotopic (exact) mass is 363 g/mol. The van der Waals surface area contributed by atoms with Crippen molar-refractivity contribution in [3.05, 3.63) is 58.1 Å². The summed E-state index contributed by atoms with van der Waals surface area (Å²) in [5.74, 6) is 0.343. The largest absolute Gasteiger partial charge is 0.485 e. The van der Waals surface area contributed by atoms with Crippen molar-refractivity contribution in [1.82, 2.24) is 0 Å². The lowest BCUT2D eigenvalue weighted by Crippen LogP contribution is -2.24. The Morgan fingerprint density at radius 2 is 1.88 bits per heavy atom. The summed E-state index contributed by atoms with van der Waals surface area (Å²) in [5, 5.41) is 0.888. The van der Waals surface area contributed by atoms with Gasteiger partial charge >= 0.3 is 0 Å². The van der Waals surface area contributed by atoms with E-state index in [2.05, 4.69) is 0 Å². The van der Waals surface area contributed by atoms with Crippen molar-refractivity contribution in [2.75, 3.05) is 18.1 Å². The van der Waals surface area contributed by atoms with E-state index in [1.807, 2.05) is 6.07 Å². The van der Waals surface area contributed by atoms with Crippen molar-refractivity contribution in [2.24, 2.45) is 0 Å². The minimum atomic E-state index is -0.181. The minimum absolute atomic E-state index is 0.0874. The van der Waals surface area contributed by atoms with Crippen molar-refractivity contribution in [2.45, 2.75) is 12.8 Å². The lowest BCUT2D eigenvalue weighted by Gasteiger charge is -2.16. The molecule has 1 heterocycles. The van der Waals surface area contributed by atoms with Crippen LogP contribution in [-0.4, -0.2) is 24.8 Å². The molecule has 0 unspecified atom stereocenters. The number of hydrogen-bond donors (Lipinski definition) is 0. The van der Waals surface area contributed by atoms with Crippen LogP contribution in [0.3, 0.4) is 0 Å². The Kier molecular flexibility index (Phi) is 5.07. The molecule has 1 aliphatic rings. The fraction of sp³-hybridized carbons (Fsp3) is 0.222. The van der Waals surface area contributed by atoms with E-state index >= 15 is 0 Å². The fourth-order valence-corrected chi connectivity index (χ4v) is 3.12. The van der Waals surface area contributed by atoms with E-state index in [0.29, 0.717) is 34.3 Å².